The van der Waals surface area contributed by atoms with E-state index in [2.05, 4.69) is 5.32 Å². The third-order valence-electron chi connectivity index (χ3n) is 3.40. The van der Waals surface area contributed by atoms with E-state index in [1.807, 2.05) is 6.07 Å². The molecule has 104 valence electrons. The first-order valence-corrected chi connectivity index (χ1v) is 6.25. The Hall–Kier alpha value is -1.82. The van der Waals surface area contributed by atoms with Crippen LogP contribution in [0, 0.1) is 16.0 Å². The number of methoxy groups -OCH3 is 2. The predicted octanol–water partition coefficient (Wildman–Crippen LogP) is 1.76. The minimum Gasteiger partial charge on any atom is -0.493 e. The molecule has 6 nitrogen and oxygen atoms in total. The molecule has 1 fully saturated rings. The van der Waals surface area contributed by atoms with Crippen molar-refractivity contribution in [3.05, 3.63) is 27.8 Å². The second kappa shape index (κ2) is 5.88. The molecule has 0 radical (unpaired) electrons. The zero-order chi connectivity index (χ0) is 13.8. The number of hydrogen-bond donors (Lipinski definition) is 1. The maximum Gasteiger partial charge on any atom is 0.315 e. The van der Waals surface area contributed by atoms with Crippen molar-refractivity contribution in [3.63, 3.8) is 0 Å². The predicted molar refractivity (Wildman–Crippen MR) is 70.9 cm³/mol. The highest BCUT2D eigenvalue weighted by Gasteiger charge is 2.23. The molecule has 0 saturated carbocycles. The number of nitrogens with one attached hydrogen (secondary N) is 1. The Morgan fingerprint density at radius 2 is 2.21 bits per heavy atom. The number of rotatable bonds is 5. The second-order valence-corrected chi connectivity index (χ2v) is 4.67. The number of hydrogen-bond acceptors (Lipinski definition) is 5. The molecule has 0 aliphatic carbocycles. The first-order chi connectivity index (χ1) is 9.15. The van der Waals surface area contributed by atoms with Crippen LogP contribution in [0.4, 0.5) is 5.69 Å². The summed E-state index contributed by atoms with van der Waals surface area (Å²) in [6, 6.07) is 3.41. The van der Waals surface area contributed by atoms with Gasteiger partial charge >= 0.3 is 5.69 Å². The third kappa shape index (κ3) is 2.96. The minimum absolute atomic E-state index is 0.0391. The van der Waals surface area contributed by atoms with E-state index in [1.165, 1.54) is 14.2 Å². The van der Waals surface area contributed by atoms with Crippen molar-refractivity contribution in [1.29, 1.82) is 0 Å². The van der Waals surface area contributed by atoms with E-state index in [0.717, 1.165) is 31.5 Å². The summed E-state index contributed by atoms with van der Waals surface area (Å²) >= 11 is 0. The summed E-state index contributed by atoms with van der Waals surface area (Å²) in [4.78, 5) is 10.7. The Bertz CT molecular complexity index is 470. The van der Waals surface area contributed by atoms with Crippen LogP contribution >= 0.6 is 0 Å². The summed E-state index contributed by atoms with van der Waals surface area (Å²) in [5.41, 5.74) is 0.876. The molecule has 1 aliphatic heterocycles. The Kier molecular flexibility index (Phi) is 4.21. The topological polar surface area (TPSA) is 73.6 Å². The van der Waals surface area contributed by atoms with Crippen LogP contribution < -0.4 is 14.8 Å². The van der Waals surface area contributed by atoms with Gasteiger partial charge in [0.15, 0.2) is 5.75 Å². The summed E-state index contributed by atoms with van der Waals surface area (Å²) in [7, 11) is 2.90. The van der Waals surface area contributed by atoms with E-state index in [0.29, 0.717) is 11.7 Å². The van der Waals surface area contributed by atoms with Crippen molar-refractivity contribution in [1.82, 2.24) is 5.32 Å². The SMILES string of the molecule is COc1cc(CC2CCNC2)cc([N+](=O)[O-])c1OC. The second-order valence-electron chi connectivity index (χ2n) is 4.67. The zero-order valence-corrected chi connectivity index (χ0v) is 11.1. The number of ether oxygens (including phenoxy) is 2. The molecule has 1 aromatic carbocycles. The molecule has 6 heteroatoms. The Morgan fingerprint density at radius 3 is 2.74 bits per heavy atom. The van der Waals surface area contributed by atoms with Crippen LogP contribution in [0.3, 0.4) is 0 Å². The Morgan fingerprint density at radius 1 is 1.42 bits per heavy atom. The average molecular weight is 266 g/mol. The molecule has 1 aliphatic rings. The molecule has 1 heterocycles. The number of nitro benzene ring substituents is 1. The van der Waals surface area contributed by atoms with Crippen LogP contribution in [0.25, 0.3) is 0 Å². The number of benzene rings is 1. The Balaban J connectivity index is 2.33. The van der Waals surface area contributed by atoms with Gasteiger partial charge < -0.3 is 14.8 Å². The molecule has 2 rings (SSSR count). The molecule has 19 heavy (non-hydrogen) atoms. The van der Waals surface area contributed by atoms with Gasteiger partial charge in [-0.1, -0.05) is 0 Å². The van der Waals surface area contributed by atoms with Crippen LogP contribution in [-0.2, 0) is 6.42 Å². The summed E-state index contributed by atoms with van der Waals surface area (Å²) in [5.74, 6) is 1.12. The quantitative estimate of drug-likeness (QED) is 0.649. The monoisotopic (exact) mass is 266 g/mol. The van der Waals surface area contributed by atoms with Crippen molar-refractivity contribution in [3.8, 4) is 11.5 Å². The van der Waals surface area contributed by atoms with Gasteiger partial charge in [-0.2, -0.15) is 0 Å². The first-order valence-electron chi connectivity index (χ1n) is 6.25. The highest BCUT2D eigenvalue weighted by Crippen LogP contribution is 2.38. The fourth-order valence-electron chi connectivity index (χ4n) is 2.48. The highest BCUT2D eigenvalue weighted by atomic mass is 16.6. The normalized spacial score (nSPS) is 18.3. The van der Waals surface area contributed by atoms with Gasteiger partial charge in [0.2, 0.25) is 5.75 Å². The molecule has 0 amide bonds. The van der Waals surface area contributed by atoms with Crippen LogP contribution in [0.15, 0.2) is 12.1 Å². The average Bonchev–Trinajstić information content (AvgIpc) is 2.90. The van der Waals surface area contributed by atoms with Crippen LogP contribution in [0.2, 0.25) is 0 Å². The van der Waals surface area contributed by atoms with Crippen molar-refractivity contribution in [2.45, 2.75) is 12.8 Å². The Labute approximate surface area is 111 Å². The highest BCUT2D eigenvalue weighted by molar-refractivity contribution is 5.58. The van der Waals surface area contributed by atoms with Crippen LogP contribution in [0.1, 0.15) is 12.0 Å². The van der Waals surface area contributed by atoms with Gasteiger partial charge in [-0.3, -0.25) is 10.1 Å². The van der Waals surface area contributed by atoms with E-state index in [-0.39, 0.29) is 11.4 Å². The van der Waals surface area contributed by atoms with E-state index in [4.69, 9.17) is 9.47 Å². The standard InChI is InChI=1S/C13H18N2O4/c1-18-12-7-10(5-9-3-4-14-8-9)6-11(15(16)17)13(12)19-2/h6-7,9,14H,3-5,8H2,1-2H3. The van der Waals surface area contributed by atoms with Crippen LogP contribution in [0.5, 0.6) is 11.5 Å². The molecule has 1 aromatic rings. The van der Waals surface area contributed by atoms with E-state index in [9.17, 15) is 10.1 Å². The van der Waals surface area contributed by atoms with Crippen LogP contribution in [-0.4, -0.2) is 32.2 Å². The fourth-order valence-corrected chi connectivity index (χ4v) is 2.48. The summed E-state index contributed by atoms with van der Waals surface area (Å²) in [6.07, 6.45) is 1.91. The van der Waals surface area contributed by atoms with Crippen molar-refractivity contribution in [2.24, 2.45) is 5.92 Å². The lowest BCUT2D eigenvalue weighted by Gasteiger charge is -2.12. The van der Waals surface area contributed by atoms with Crippen molar-refractivity contribution in [2.75, 3.05) is 27.3 Å². The van der Waals surface area contributed by atoms with Gasteiger partial charge in [-0.25, -0.2) is 0 Å². The maximum absolute atomic E-state index is 11.1. The third-order valence-corrected chi connectivity index (χ3v) is 3.40. The smallest absolute Gasteiger partial charge is 0.315 e. The molecule has 0 aromatic heterocycles. The molecular formula is C13H18N2O4. The summed E-state index contributed by atoms with van der Waals surface area (Å²) in [6.45, 7) is 1.97. The lowest BCUT2D eigenvalue weighted by Crippen LogP contribution is -2.11. The molecule has 0 bridgehead atoms. The van der Waals surface area contributed by atoms with E-state index < -0.39 is 4.92 Å². The molecular weight excluding hydrogens is 248 g/mol. The van der Waals surface area contributed by atoms with Gasteiger partial charge in [0.25, 0.3) is 0 Å². The lowest BCUT2D eigenvalue weighted by atomic mass is 9.98. The first kappa shape index (κ1) is 13.6. The number of nitro groups is 1. The minimum atomic E-state index is -0.433. The summed E-state index contributed by atoms with van der Waals surface area (Å²) < 4.78 is 10.3. The molecule has 1 saturated heterocycles. The van der Waals surface area contributed by atoms with Gasteiger partial charge in [-0.15, -0.1) is 0 Å². The van der Waals surface area contributed by atoms with Gasteiger partial charge in [0.05, 0.1) is 19.1 Å². The van der Waals surface area contributed by atoms with Gasteiger partial charge in [-0.05, 0) is 43.5 Å². The number of nitrogens with zero attached hydrogens (tertiary/aromatic N) is 1. The lowest BCUT2D eigenvalue weighted by molar-refractivity contribution is -0.385. The van der Waals surface area contributed by atoms with Gasteiger partial charge in [0.1, 0.15) is 0 Å². The largest absolute Gasteiger partial charge is 0.493 e. The molecule has 1 unspecified atom stereocenters. The van der Waals surface area contributed by atoms with Gasteiger partial charge in [0, 0.05) is 6.07 Å². The summed E-state index contributed by atoms with van der Waals surface area (Å²) in [5, 5.41) is 14.4. The van der Waals surface area contributed by atoms with E-state index >= 15 is 0 Å². The van der Waals surface area contributed by atoms with Crippen molar-refractivity contribution >= 4 is 5.69 Å². The van der Waals surface area contributed by atoms with Crippen molar-refractivity contribution < 1.29 is 14.4 Å². The van der Waals surface area contributed by atoms with E-state index in [1.54, 1.807) is 6.07 Å². The fraction of sp³-hybridized carbons (Fsp3) is 0.538. The zero-order valence-electron chi connectivity index (χ0n) is 11.1. The molecule has 1 N–H and O–H groups in total. The molecule has 1 atom stereocenters. The maximum atomic E-state index is 11.1. The molecule has 0 spiro atoms.